The minimum Gasteiger partial charge on any atom is -0.444 e. The zero-order valence-electron chi connectivity index (χ0n) is 18.3. The summed E-state index contributed by atoms with van der Waals surface area (Å²) < 4.78 is 11.1. The third-order valence-electron chi connectivity index (χ3n) is 4.87. The number of guanidine groups is 1. The molecule has 0 amide bonds. The van der Waals surface area contributed by atoms with Crippen molar-refractivity contribution in [3.8, 4) is 11.5 Å². The number of rotatable bonds is 9. The Labute approximate surface area is 178 Å². The van der Waals surface area contributed by atoms with Crippen molar-refractivity contribution in [3.63, 3.8) is 0 Å². The molecule has 0 aliphatic carbocycles. The molecule has 0 aliphatic heterocycles. The molecular formula is C23H31N5O2. The fourth-order valence-electron chi connectivity index (χ4n) is 3.18. The lowest BCUT2D eigenvalue weighted by Crippen LogP contribution is -2.38. The van der Waals surface area contributed by atoms with Crippen molar-refractivity contribution in [1.29, 1.82) is 0 Å². The van der Waals surface area contributed by atoms with E-state index in [2.05, 4.69) is 60.6 Å². The number of aromatic nitrogens is 2. The molecule has 3 aromatic rings. The Bertz CT molecular complexity index is 935. The van der Waals surface area contributed by atoms with E-state index in [1.54, 1.807) is 6.26 Å². The smallest absolute Gasteiger partial charge is 0.226 e. The molecule has 0 spiro atoms. The predicted molar refractivity (Wildman–Crippen MR) is 118 cm³/mol. The van der Waals surface area contributed by atoms with Crippen molar-refractivity contribution in [3.05, 3.63) is 58.8 Å². The third kappa shape index (κ3) is 5.49. The summed E-state index contributed by atoms with van der Waals surface area (Å²) in [7, 11) is 0. The fraction of sp³-hybridized carbons (Fsp3) is 0.435. The Morgan fingerprint density at radius 1 is 1.07 bits per heavy atom. The number of benzene rings is 1. The molecule has 0 atom stereocenters. The summed E-state index contributed by atoms with van der Waals surface area (Å²) in [5.41, 5.74) is 5.19. The highest BCUT2D eigenvalue weighted by molar-refractivity contribution is 5.79. The molecule has 0 bridgehead atoms. The molecule has 0 unspecified atom stereocenters. The third-order valence-corrected chi connectivity index (χ3v) is 4.87. The quantitative estimate of drug-likeness (QED) is 0.409. The molecule has 0 fully saturated rings. The second-order valence-corrected chi connectivity index (χ2v) is 7.12. The van der Waals surface area contributed by atoms with Crippen LogP contribution in [-0.2, 0) is 25.8 Å². The Hall–Kier alpha value is -3.09. The van der Waals surface area contributed by atoms with E-state index in [0.717, 1.165) is 60.0 Å². The van der Waals surface area contributed by atoms with Gasteiger partial charge in [-0.2, -0.15) is 0 Å². The average Bonchev–Trinajstić information content (AvgIpc) is 3.39. The van der Waals surface area contributed by atoms with E-state index in [9.17, 15) is 0 Å². The number of aliphatic imine (C=N–C) groups is 1. The minimum atomic E-state index is 0.548. The van der Waals surface area contributed by atoms with Gasteiger partial charge in [0, 0.05) is 37.1 Å². The maximum absolute atomic E-state index is 5.64. The highest BCUT2D eigenvalue weighted by Crippen LogP contribution is 2.19. The summed E-state index contributed by atoms with van der Waals surface area (Å²) in [4.78, 5) is 9.31. The van der Waals surface area contributed by atoms with Crippen LogP contribution >= 0.6 is 0 Å². The van der Waals surface area contributed by atoms with Gasteiger partial charge in [-0.15, -0.1) is 0 Å². The number of hydrogen-bond acceptors (Lipinski definition) is 5. The average molecular weight is 410 g/mol. The molecule has 7 nitrogen and oxygen atoms in total. The van der Waals surface area contributed by atoms with E-state index >= 15 is 0 Å². The van der Waals surface area contributed by atoms with Gasteiger partial charge in [-0.1, -0.05) is 36.7 Å². The molecule has 1 aromatic carbocycles. The zero-order chi connectivity index (χ0) is 21.3. The lowest BCUT2D eigenvalue weighted by atomic mass is 10.1. The van der Waals surface area contributed by atoms with Gasteiger partial charge in [-0.3, -0.25) is 0 Å². The van der Waals surface area contributed by atoms with Crippen molar-refractivity contribution in [2.45, 2.75) is 53.5 Å². The number of hydrogen-bond donors (Lipinski definition) is 2. The largest absolute Gasteiger partial charge is 0.444 e. The molecule has 0 saturated heterocycles. The normalized spacial score (nSPS) is 11.7. The summed E-state index contributed by atoms with van der Waals surface area (Å²) in [6.07, 6.45) is 4.12. The molecular weight excluding hydrogens is 378 g/mol. The highest BCUT2D eigenvalue weighted by atomic mass is 16.5. The second kappa shape index (κ2) is 10.6. The van der Waals surface area contributed by atoms with Crippen LogP contribution in [0.15, 0.2) is 44.5 Å². The van der Waals surface area contributed by atoms with Crippen molar-refractivity contribution < 1.29 is 8.94 Å². The topological polar surface area (TPSA) is 88.5 Å². The van der Waals surface area contributed by atoms with Crippen LogP contribution in [0.4, 0.5) is 0 Å². The molecule has 2 aromatic heterocycles. The van der Waals surface area contributed by atoms with Gasteiger partial charge in [0.25, 0.3) is 0 Å². The summed E-state index contributed by atoms with van der Waals surface area (Å²) in [6.45, 7) is 10.3. The van der Waals surface area contributed by atoms with Crippen LogP contribution in [0, 0.1) is 6.92 Å². The van der Waals surface area contributed by atoms with Crippen LogP contribution in [0.5, 0.6) is 0 Å². The van der Waals surface area contributed by atoms with Crippen molar-refractivity contribution in [1.82, 2.24) is 20.8 Å². The van der Waals surface area contributed by atoms with Gasteiger partial charge in [0.2, 0.25) is 5.89 Å². The summed E-state index contributed by atoms with van der Waals surface area (Å²) in [6, 6.07) is 8.17. The molecule has 0 saturated carbocycles. The van der Waals surface area contributed by atoms with Crippen molar-refractivity contribution >= 4 is 5.96 Å². The predicted octanol–water partition coefficient (Wildman–Crippen LogP) is 4.06. The van der Waals surface area contributed by atoms with E-state index in [-0.39, 0.29) is 0 Å². The molecule has 0 radical (unpaired) electrons. The van der Waals surface area contributed by atoms with Gasteiger partial charge in [-0.25, -0.2) is 9.98 Å². The summed E-state index contributed by atoms with van der Waals surface area (Å²) in [5.74, 6) is 2.33. The SMILES string of the molecule is CCNC(=NCc1c(CC)noc1CC)NCCc1coc(-c2ccc(C)cc2)n1. The standard InChI is InChI=1S/C23H31N5O2/c1-5-20-19(21(6-2)30-28-20)14-26-23(24-7-3)25-13-12-18-15-29-22(27-18)17-10-8-16(4)9-11-17/h8-11,15H,5-7,12-14H2,1-4H3,(H2,24,25,26). The number of nitrogens with zero attached hydrogens (tertiary/aromatic N) is 3. The van der Waals surface area contributed by atoms with Crippen LogP contribution in [0.25, 0.3) is 11.5 Å². The molecule has 30 heavy (non-hydrogen) atoms. The molecule has 7 heteroatoms. The maximum Gasteiger partial charge on any atom is 0.226 e. The number of nitrogens with one attached hydrogen (secondary N) is 2. The van der Waals surface area contributed by atoms with E-state index in [1.807, 2.05) is 12.1 Å². The van der Waals surface area contributed by atoms with Crippen molar-refractivity contribution in [2.24, 2.45) is 4.99 Å². The fourth-order valence-corrected chi connectivity index (χ4v) is 3.18. The second-order valence-electron chi connectivity index (χ2n) is 7.12. The number of oxazole rings is 1. The zero-order valence-corrected chi connectivity index (χ0v) is 18.3. The first kappa shape index (κ1) is 21.6. The van der Waals surface area contributed by atoms with Crippen LogP contribution in [-0.4, -0.2) is 29.2 Å². The van der Waals surface area contributed by atoms with Gasteiger partial charge in [0.05, 0.1) is 17.9 Å². The molecule has 160 valence electrons. The highest BCUT2D eigenvalue weighted by Gasteiger charge is 2.13. The lowest BCUT2D eigenvalue weighted by molar-refractivity contribution is 0.380. The van der Waals surface area contributed by atoms with E-state index in [0.29, 0.717) is 19.0 Å². The van der Waals surface area contributed by atoms with Gasteiger partial charge in [0.15, 0.2) is 5.96 Å². The van der Waals surface area contributed by atoms with Crippen LogP contribution in [0.3, 0.4) is 0 Å². The lowest BCUT2D eigenvalue weighted by Gasteiger charge is -2.10. The van der Waals surface area contributed by atoms with Crippen LogP contribution in [0.1, 0.15) is 49.0 Å². The Kier molecular flexibility index (Phi) is 7.65. The van der Waals surface area contributed by atoms with E-state index in [1.165, 1.54) is 5.56 Å². The first-order chi connectivity index (χ1) is 14.6. The van der Waals surface area contributed by atoms with E-state index < -0.39 is 0 Å². The van der Waals surface area contributed by atoms with Gasteiger partial charge < -0.3 is 19.6 Å². The summed E-state index contributed by atoms with van der Waals surface area (Å²) >= 11 is 0. The Morgan fingerprint density at radius 3 is 2.57 bits per heavy atom. The maximum atomic E-state index is 5.64. The van der Waals surface area contributed by atoms with Crippen molar-refractivity contribution in [2.75, 3.05) is 13.1 Å². The van der Waals surface area contributed by atoms with Gasteiger partial charge >= 0.3 is 0 Å². The van der Waals surface area contributed by atoms with Gasteiger partial charge in [0.1, 0.15) is 12.0 Å². The molecule has 0 aliphatic rings. The van der Waals surface area contributed by atoms with Crippen LogP contribution in [0.2, 0.25) is 0 Å². The van der Waals surface area contributed by atoms with E-state index in [4.69, 9.17) is 13.9 Å². The monoisotopic (exact) mass is 409 g/mol. The molecule has 2 heterocycles. The minimum absolute atomic E-state index is 0.548. The first-order valence-electron chi connectivity index (χ1n) is 10.6. The van der Waals surface area contributed by atoms with Crippen LogP contribution < -0.4 is 10.6 Å². The van der Waals surface area contributed by atoms with Gasteiger partial charge in [-0.05, 0) is 32.4 Å². The number of aryl methyl sites for hydroxylation is 3. The summed E-state index contributed by atoms with van der Waals surface area (Å²) in [5, 5.41) is 10.8. The molecule has 3 rings (SSSR count). The molecule has 2 N–H and O–H groups in total. The Balaban J connectivity index is 1.58. The first-order valence-corrected chi connectivity index (χ1v) is 10.6. The Morgan fingerprint density at radius 2 is 1.87 bits per heavy atom.